The minimum Gasteiger partial charge on any atom is -0.481 e. The molecule has 0 atom stereocenters. The van der Waals surface area contributed by atoms with Crippen molar-refractivity contribution in [2.75, 3.05) is 6.54 Å². The van der Waals surface area contributed by atoms with E-state index in [1.54, 1.807) is 0 Å². The Morgan fingerprint density at radius 3 is 2.36 bits per heavy atom. The first-order valence-electron chi connectivity index (χ1n) is 7.47. The predicted octanol–water partition coefficient (Wildman–Crippen LogP) is 3.58. The molecule has 0 fully saturated rings. The number of rotatable bonds is 4. The van der Waals surface area contributed by atoms with Crippen molar-refractivity contribution in [3.8, 4) is 0 Å². The largest absolute Gasteiger partial charge is 0.481 e. The highest BCUT2D eigenvalue weighted by atomic mass is 35.5. The Morgan fingerprint density at radius 1 is 1.08 bits per heavy atom. The van der Waals surface area contributed by atoms with Crippen LogP contribution in [0.5, 0.6) is 0 Å². The molecule has 1 aromatic carbocycles. The molecule has 0 saturated carbocycles. The number of hydrogen-bond donors (Lipinski definition) is 2. The number of fused-ring (bicyclic) bond motifs is 1. The predicted molar refractivity (Wildman–Crippen MR) is 95.9 cm³/mol. The lowest BCUT2D eigenvalue weighted by molar-refractivity contribution is -0.143. The molecule has 0 amide bonds. The standard InChI is InChI=1S/C13H10Cl2N2.C4H6O4/c14-10-4-3-9(8-11(10)15)13-12-2-1-6-17(12)7-5-16-13;5-3(6)1-2-4(7)8/h1-4,6,8H,5,7H2;1-2H2,(H,5,6)(H,7,8). The van der Waals surface area contributed by atoms with Crippen molar-refractivity contribution in [2.45, 2.75) is 19.4 Å². The number of aliphatic carboxylic acids is 2. The van der Waals surface area contributed by atoms with Crippen LogP contribution in [-0.4, -0.2) is 39.0 Å². The van der Waals surface area contributed by atoms with Gasteiger partial charge in [0, 0.05) is 18.3 Å². The Hall–Kier alpha value is -2.31. The molecule has 0 aliphatic carbocycles. The molecule has 6 nitrogen and oxygen atoms in total. The minimum absolute atomic E-state index is 0.296. The lowest BCUT2D eigenvalue weighted by atomic mass is 10.1. The van der Waals surface area contributed by atoms with E-state index in [9.17, 15) is 9.59 Å². The average molecular weight is 383 g/mol. The SMILES string of the molecule is Clc1ccc(C2=NCCn3cccc32)cc1Cl.O=C(O)CCC(=O)O. The summed E-state index contributed by atoms with van der Waals surface area (Å²) in [7, 11) is 0. The van der Waals surface area contributed by atoms with Crippen LogP contribution in [0.2, 0.25) is 10.0 Å². The maximum atomic E-state index is 9.64. The van der Waals surface area contributed by atoms with Crippen LogP contribution in [0.15, 0.2) is 41.5 Å². The molecule has 132 valence electrons. The van der Waals surface area contributed by atoms with Crippen LogP contribution in [0.4, 0.5) is 0 Å². The van der Waals surface area contributed by atoms with Crippen LogP contribution < -0.4 is 0 Å². The van der Waals surface area contributed by atoms with Crippen molar-refractivity contribution in [2.24, 2.45) is 4.99 Å². The van der Waals surface area contributed by atoms with Gasteiger partial charge in [-0.1, -0.05) is 29.3 Å². The highest BCUT2D eigenvalue weighted by Crippen LogP contribution is 2.25. The fraction of sp³-hybridized carbons (Fsp3) is 0.235. The number of carbonyl (C=O) groups is 2. The third-order valence-electron chi connectivity index (χ3n) is 3.43. The van der Waals surface area contributed by atoms with Gasteiger partial charge in [-0.3, -0.25) is 14.6 Å². The van der Waals surface area contributed by atoms with Gasteiger partial charge in [-0.15, -0.1) is 0 Å². The number of aliphatic imine (C=N–C) groups is 1. The van der Waals surface area contributed by atoms with Crippen molar-refractivity contribution in [3.63, 3.8) is 0 Å². The fourth-order valence-corrected chi connectivity index (χ4v) is 2.57. The number of carboxylic acid groups (broad SMARTS) is 2. The summed E-state index contributed by atoms with van der Waals surface area (Å²) in [5.41, 5.74) is 3.13. The summed E-state index contributed by atoms with van der Waals surface area (Å²) in [5.74, 6) is -2.15. The third-order valence-corrected chi connectivity index (χ3v) is 4.17. The molecule has 8 heteroatoms. The van der Waals surface area contributed by atoms with Crippen molar-refractivity contribution >= 4 is 40.9 Å². The molecule has 2 N–H and O–H groups in total. The molecule has 2 aromatic rings. The Morgan fingerprint density at radius 2 is 1.76 bits per heavy atom. The fourth-order valence-electron chi connectivity index (χ4n) is 2.27. The van der Waals surface area contributed by atoms with Crippen molar-refractivity contribution in [1.82, 2.24) is 4.57 Å². The van der Waals surface area contributed by atoms with Gasteiger partial charge in [0.05, 0.1) is 40.8 Å². The zero-order chi connectivity index (χ0) is 18.4. The van der Waals surface area contributed by atoms with Gasteiger partial charge in [0.25, 0.3) is 0 Å². The number of nitrogens with zero attached hydrogens (tertiary/aromatic N) is 2. The second kappa shape index (κ2) is 8.69. The molecule has 0 saturated heterocycles. The molecule has 0 spiro atoms. The second-order valence-corrected chi connectivity index (χ2v) is 6.05. The number of carboxylic acids is 2. The van der Waals surface area contributed by atoms with Gasteiger partial charge < -0.3 is 14.8 Å². The van der Waals surface area contributed by atoms with Crippen LogP contribution in [0.25, 0.3) is 0 Å². The number of hydrogen-bond acceptors (Lipinski definition) is 3. The van der Waals surface area contributed by atoms with Gasteiger partial charge in [-0.2, -0.15) is 0 Å². The van der Waals surface area contributed by atoms with E-state index >= 15 is 0 Å². The zero-order valence-corrected chi connectivity index (χ0v) is 14.7. The summed E-state index contributed by atoms with van der Waals surface area (Å²) >= 11 is 12.0. The van der Waals surface area contributed by atoms with Crippen molar-refractivity contribution in [3.05, 3.63) is 57.8 Å². The maximum Gasteiger partial charge on any atom is 0.303 e. The van der Waals surface area contributed by atoms with Crippen LogP contribution in [0.1, 0.15) is 24.1 Å². The van der Waals surface area contributed by atoms with E-state index in [4.69, 9.17) is 33.4 Å². The van der Waals surface area contributed by atoms with Crippen LogP contribution >= 0.6 is 23.2 Å². The number of benzene rings is 1. The summed E-state index contributed by atoms with van der Waals surface area (Å²) in [6.07, 6.45) is 1.48. The molecule has 0 bridgehead atoms. The molecule has 0 radical (unpaired) electrons. The summed E-state index contributed by atoms with van der Waals surface area (Å²) in [5, 5.41) is 16.9. The van der Waals surface area contributed by atoms with E-state index in [0.29, 0.717) is 10.0 Å². The molecular weight excluding hydrogens is 367 g/mol. The number of halogens is 2. The van der Waals surface area contributed by atoms with Gasteiger partial charge in [0.1, 0.15) is 0 Å². The molecule has 2 heterocycles. The molecule has 1 aliphatic rings. The summed E-state index contributed by atoms with van der Waals surface area (Å²) in [6, 6.07) is 9.74. The topological polar surface area (TPSA) is 91.9 Å². The molecule has 1 aliphatic heterocycles. The Bertz CT molecular complexity index is 801. The first kappa shape index (κ1) is 19.0. The zero-order valence-electron chi connectivity index (χ0n) is 13.2. The molecule has 3 rings (SSSR count). The minimum atomic E-state index is -1.08. The molecule has 1 aromatic heterocycles. The lowest BCUT2D eigenvalue weighted by Gasteiger charge is -2.16. The number of aromatic nitrogens is 1. The Kier molecular flexibility index (Phi) is 6.61. The van der Waals surface area contributed by atoms with E-state index in [1.165, 1.54) is 0 Å². The molecular formula is C17H16Cl2N2O4. The van der Waals surface area contributed by atoms with Crippen molar-refractivity contribution < 1.29 is 19.8 Å². The van der Waals surface area contributed by atoms with Crippen molar-refractivity contribution in [1.29, 1.82) is 0 Å². The van der Waals surface area contributed by atoms with Gasteiger partial charge in [-0.25, -0.2) is 0 Å². The summed E-state index contributed by atoms with van der Waals surface area (Å²) in [6.45, 7) is 1.74. The Labute approximate surface area is 154 Å². The van der Waals surface area contributed by atoms with Crippen LogP contribution in [0, 0.1) is 0 Å². The highest BCUT2D eigenvalue weighted by molar-refractivity contribution is 6.42. The summed E-state index contributed by atoms with van der Waals surface area (Å²) < 4.78 is 2.20. The highest BCUT2D eigenvalue weighted by Gasteiger charge is 2.15. The maximum absolute atomic E-state index is 9.64. The lowest BCUT2D eigenvalue weighted by Crippen LogP contribution is -2.18. The third kappa shape index (κ3) is 5.34. The normalized spacial score (nSPS) is 12.5. The van der Waals surface area contributed by atoms with Gasteiger partial charge >= 0.3 is 11.9 Å². The van der Waals surface area contributed by atoms with Gasteiger partial charge in [0.2, 0.25) is 0 Å². The quantitative estimate of drug-likeness (QED) is 0.844. The van der Waals surface area contributed by atoms with E-state index in [0.717, 1.165) is 30.1 Å². The van der Waals surface area contributed by atoms with Gasteiger partial charge in [0.15, 0.2) is 0 Å². The smallest absolute Gasteiger partial charge is 0.303 e. The van der Waals surface area contributed by atoms with Crippen LogP contribution in [-0.2, 0) is 16.1 Å². The van der Waals surface area contributed by atoms with Crippen LogP contribution in [0.3, 0.4) is 0 Å². The average Bonchev–Trinajstić information content (AvgIpc) is 3.05. The first-order chi connectivity index (χ1) is 11.9. The van der Waals surface area contributed by atoms with E-state index < -0.39 is 11.9 Å². The Balaban J connectivity index is 0.000000242. The molecule has 25 heavy (non-hydrogen) atoms. The molecule has 0 unspecified atom stereocenters. The van der Waals surface area contributed by atoms with E-state index in [2.05, 4.69) is 21.8 Å². The first-order valence-corrected chi connectivity index (χ1v) is 8.23. The van der Waals surface area contributed by atoms with E-state index in [-0.39, 0.29) is 12.8 Å². The van der Waals surface area contributed by atoms with Gasteiger partial charge in [-0.05, 0) is 24.3 Å². The van der Waals surface area contributed by atoms with E-state index in [1.807, 2.05) is 24.3 Å². The monoisotopic (exact) mass is 382 g/mol. The second-order valence-electron chi connectivity index (χ2n) is 5.23. The summed E-state index contributed by atoms with van der Waals surface area (Å²) in [4.78, 5) is 23.9.